The molecule has 0 aliphatic carbocycles. The highest BCUT2D eigenvalue weighted by molar-refractivity contribution is 7.47. The van der Waals surface area contributed by atoms with E-state index in [4.69, 9.17) is 9.05 Å². The van der Waals surface area contributed by atoms with Crippen molar-refractivity contribution < 1.29 is 32.9 Å². The van der Waals surface area contributed by atoms with Gasteiger partial charge in [0, 0.05) is 6.42 Å². The fourth-order valence-electron chi connectivity index (χ4n) is 8.41. The molecule has 0 spiro atoms. The summed E-state index contributed by atoms with van der Waals surface area (Å²) in [6.07, 6.45) is 62.3. The Hall–Kier alpha value is -1.28. The molecular weight excluding hydrogens is 840 g/mol. The fourth-order valence-corrected chi connectivity index (χ4v) is 9.14. The first-order chi connectivity index (χ1) is 32.0. The molecule has 0 bridgehead atoms. The van der Waals surface area contributed by atoms with Crippen molar-refractivity contribution >= 4 is 13.7 Å². The number of phosphoric acid groups is 1. The maximum absolute atomic E-state index is 12.9. The standard InChI is InChI=1S/C57H111N2O6P/c1-6-8-10-12-14-16-17-18-19-20-21-22-23-24-25-26-27-28-29-30-31-32-33-34-35-36-37-38-39-40-41-43-45-47-49-51-57(61)58-55(54-65-66(62,63)64-53-52-59(3,4)5)56(60)50-48-46-44-42-15-13-11-9-7-2/h17-18,20-21,23-24,55-56,60H,6-16,19,22,25-54H2,1-5H3,(H-,58,61,62,63)/p+1/b18-17-,21-20-,24-23-. The van der Waals surface area contributed by atoms with Crippen LogP contribution < -0.4 is 5.32 Å². The highest BCUT2D eigenvalue weighted by Gasteiger charge is 2.28. The Balaban J connectivity index is 3.87. The lowest BCUT2D eigenvalue weighted by atomic mass is 10.0. The van der Waals surface area contributed by atoms with E-state index in [2.05, 4.69) is 55.6 Å². The van der Waals surface area contributed by atoms with Gasteiger partial charge in [0.2, 0.25) is 5.91 Å². The van der Waals surface area contributed by atoms with Crippen LogP contribution in [0.3, 0.4) is 0 Å². The van der Waals surface area contributed by atoms with Gasteiger partial charge in [0.05, 0.1) is 39.9 Å². The molecule has 0 aromatic rings. The molecule has 0 heterocycles. The summed E-state index contributed by atoms with van der Waals surface area (Å²) in [7, 11) is 1.62. The molecule has 0 fully saturated rings. The summed E-state index contributed by atoms with van der Waals surface area (Å²) in [5.41, 5.74) is 0. The second-order valence-electron chi connectivity index (χ2n) is 20.7. The molecule has 1 amide bonds. The van der Waals surface area contributed by atoms with Gasteiger partial charge in [0.15, 0.2) is 0 Å². The molecule has 0 aliphatic heterocycles. The number of phosphoric ester groups is 1. The average molecular weight is 953 g/mol. The number of quaternary nitrogens is 1. The van der Waals surface area contributed by atoms with Crippen LogP contribution in [0.5, 0.6) is 0 Å². The smallest absolute Gasteiger partial charge is 0.391 e. The minimum atomic E-state index is -4.31. The van der Waals surface area contributed by atoms with Gasteiger partial charge in [-0.2, -0.15) is 0 Å². The predicted molar refractivity (Wildman–Crippen MR) is 286 cm³/mol. The highest BCUT2D eigenvalue weighted by Crippen LogP contribution is 2.43. The lowest BCUT2D eigenvalue weighted by Crippen LogP contribution is -2.46. The number of hydrogen-bond acceptors (Lipinski definition) is 5. The van der Waals surface area contributed by atoms with E-state index in [-0.39, 0.29) is 19.1 Å². The van der Waals surface area contributed by atoms with E-state index in [1.165, 1.54) is 193 Å². The van der Waals surface area contributed by atoms with Crippen LogP contribution in [0.2, 0.25) is 0 Å². The van der Waals surface area contributed by atoms with Crippen LogP contribution >= 0.6 is 7.82 Å². The van der Waals surface area contributed by atoms with Gasteiger partial charge < -0.3 is 19.8 Å². The van der Waals surface area contributed by atoms with E-state index in [0.29, 0.717) is 23.9 Å². The van der Waals surface area contributed by atoms with Crippen molar-refractivity contribution in [2.75, 3.05) is 40.9 Å². The van der Waals surface area contributed by atoms with E-state index >= 15 is 0 Å². The molecular formula is C57H112N2O6P+. The summed E-state index contributed by atoms with van der Waals surface area (Å²) in [5.74, 6) is -0.143. The van der Waals surface area contributed by atoms with E-state index in [9.17, 15) is 19.4 Å². The van der Waals surface area contributed by atoms with E-state index in [0.717, 1.165) is 51.4 Å². The van der Waals surface area contributed by atoms with Crippen molar-refractivity contribution in [3.05, 3.63) is 36.5 Å². The number of likely N-dealkylation sites (N-methyl/N-ethyl adjacent to an activating group) is 1. The van der Waals surface area contributed by atoms with Gasteiger partial charge in [-0.3, -0.25) is 13.8 Å². The summed E-state index contributed by atoms with van der Waals surface area (Å²) in [6.45, 7) is 4.87. The molecule has 0 saturated heterocycles. The van der Waals surface area contributed by atoms with Gasteiger partial charge in [-0.15, -0.1) is 0 Å². The molecule has 3 unspecified atom stereocenters. The maximum atomic E-state index is 12.9. The third-order valence-electron chi connectivity index (χ3n) is 12.9. The second-order valence-corrected chi connectivity index (χ2v) is 22.1. The van der Waals surface area contributed by atoms with Crippen LogP contribution in [0.25, 0.3) is 0 Å². The number of aliphatic hydroxyl groups excluding tert-OH is 1. The summed E-state index contributed by atoms with van der Waals surface area (Å²) in [6, 6.07) is -0.756. The molecule has 0 radical (unpaired) electrons. The first-order valence-electron chi connectivity index (χ1n) is 28.4. The Kier molecular flexibility index (Phi) is 47.8. The fraction of sp³-hybridized carbons (Fsp3) is 0.877. The van der Waals surface area contributed by atoms with Gasteiger partial charge in [-0.05, 0) is 51.4 Å². The van der Waals surface area contributed by atoms with Gasteiger partial charge in [0.25, 0.3) is 0 Å². The van der Waals surface area contributed by atoms with Crippen molar-refractivity contribution in [1.29, 1.82) is 0 Å². The van der Waals surface area contributed by atoms with Crippen molar-refractivity contribution in [3.63, 3.8) is 0 Å². The molecule has 0 aromatic carbocycles. The Bertz CT molecular complexity index is 1170. The van der Waals surface area contributed by atoms with Gasteiger partial charge >= 0.3 is 7.82 Å². The SMILES string of the molecule is CCCCCCC/C=C\C/C=C\C/C=C\CCCCCCCCCCCCCCCCCCCCCCC(=O)NC(COP(=O)(O)OCC[N+](C)(C)C)C(O)CCCCCCCCCCC. The van der Waals surface area contributed by atoms with Crippen molar-refractivity contribution in [1.82, 2.24) is 5.32 Å². The molecule has 390 valence electrons. The second kappa shape index (κ2) is 48.7. The molecule has 0 aromatic heterocycles. The number of carbonyl (C=O) groups excluding carboxylic acids is 1. The lowest BCUT2D eigenvalue weighted by Gasteiger charge is -2.26. The van der Waals surface area contributed by atoms with Crippen LogP contribution in [0, 0.1) is 0 Å². The monoisotopic (exact) mass is 952 g/mol. The number of allylic oxidation sites excluding steroid dienone is 6. The Labute approximate surface area is 410 Å². The quantitative estimate of drug-likeness (QED) is 0.0243. The Morgan fingerprint density at radius 2 is 0.864 bits per heavy atom. The van der Waals surface area contributed by atoms with Crippen molar-refractivity contribution in [2.45, 2.75) is 283 Å². The van der Waals surface area contributed by atoms with Crippen LogP contribution in [-0.4, -0.2) is 73.4 Å². The number of carbonyl (C=O) groups is 1. The number of nitrogens with one attached hydrogen (secondary N) is 1. The zero-order chi connectivity index (χ0) is 48.5. The van der Waals surface area contributed by atoms with Crippen molar-refractivity contribution in [2.24, 2.45) is 0 Å². The number of unbranched alkanes of at least 4 members (excludes halogenated alkanes) is 33. The maximum Gasteiger partial charge on any atom is 0.472 e. The van der Waals surface area contributed by atoms with Crippen molar-refractivity contribution in [3.8, 4) is 0 Å². The van der Waals surface area contributed by atoms with Gasteiger partial charge in [-0.1, -0.05) is 249 Å². The normalized spacial score (nSPS) is 14.2. The van der Waals surface area contributed by atoms with Crippen LogP contribution in [0.1, 0.15) is 271 Å². The number of nitrogens with zero attached hydrogens (tertiary/aromatic N) is 1. The van der Waals surface area contributed by atoms with E-state index < -0.39 is 20.0 Å². The lowest BCUT2D eigenvalue weighted by molar-refractivity contribution is -0.870. The summed E-state index contributed by atoms with van der Waals surface area (Å²) >= 11 is 0. The van der Waals surface area contributed by atoms with Crippen LogP contribution in [0.15, 0.2) is 36.5 Å². The largest absolute Gasteiger partial charge is 0.472 e. The Morgan fingerprint density at radius 3 is 1.26 bits per heavy atom. The first-order valence-corrected chi connectivity index (χ1v) is 29.8. The molecule has 0 saturated carbocycles. The zero-order valence-corrected chi connectivity index (χ0v) is 45.3. The Morgan fingerprint density at radius 1 is 0.515 bits per heavy atom. The summed E-state index contributed by atoms with van der Waals surface area (Å²) in [4.78, 5) is 23.2. The van der Waals surface area contributed by atoms with Crippen LogP contribution in [0.4, 0.5) is 0 Å². The van der Waals surface area contributed by atoms with E-state index in [1.807, 2.05) is 21.1 Å². The van der Waals surface area contributed by atoms with E-state index in [1.54, 1.807) is 0 Å². The molecule has 3 atom stereocenters. The minimum Gasteiger partial charge on any atom is -0.391 e. The zero-order valence-electron chi connectivity index (χ0n) is 44.4. The van der Waals surface area contributed by atoms with Gasteiger partial charge in [0.1, 0.15) is 13.2 Å². The molecule has 3 N–H and O–H groups in total. The number of aliphatic hydroxyl groups is 1. The summed E-state index contributed by atoms with van der Waals surface area (Å²) in [5, 5.41) is 13.9. The van der Waals surface area contributed by atoms with Crippen LogP contribution in [-0.2, 0) is 18.4 Å². The van der Waals surface area contributed by atoms with Gasteiger partial charge in [-0.25, -0.2) is 4.57 Å². The molecule has 0 rings (SSSR count). The topological polar surface area (TPSA) is 105 Å². The molecule has 8 nitrogen and oxygen atoms in total. The average Bonchev–Trinajstić information content (AvgIpc) is 3.28. The first kappa shape index (κ1) is 64.7. The minimum absolute atomic E-state index is 0.0759. The molecule has 0 aliphatic rings. The number of hydrogen-bond donors (Lipinski definition) is 3. The third kappa shape index (κ3) is 50.6. The number of rotatable bonds is 52. The summed E-state index contributed by atoms with van der Waals surface area (Å²) < 4.78 is 23.6. The third-order valence-corrected chi connectivity index (χ3v) is 13.9. The highest BCUT2D eigenvalue weighted by atomic mass is 31.2. The number of amides is 1. The molecule has 66 heavy (non-hydrogen) atoms. The predicted octanol–water partition coefficient (Wildman–Crippen LogP) is 17.0. The molecule has 9 heteroatoms.